The van der Waals surface area contributed by atoms with Crippen LogP contribution in [0.5, 0.6) is 0 Å². The van der Waals surface area contributed by atoms with Crippen molar-refractivity contribution in [1.82, 2.24) is 10.2 Å². The van der Waals surface area contributed by atoms with Gasteiger partial charge in [0, 0.05) is 31.9 Å². The molecule has 1 aromatic rings. The Labute approximate surface area is 95.6 Å². The van der Waals surface area contributed by atoms with Crippen molar-refractivity contribution in [2.24, 2.45) is 0 Å². The Morgan fingerprint density at radius 2 is 2.12 bits per heavy atom. The zero-order valence-electron chi connectivity index (χ0n) is 9.59. The molecule has 2 rings (SSSR count). The highest BCUT2D eigenvalue weighted by Gasteiger charge is 2.08. The topological polar surface area (TPSA) is 27.3 Å². The van der Waals surface area contributed by atoms with Crippen LogP contribution < -0.4 is 10.6 Å². The van der Waals surface area contributed by atoms with Crippen LogP contribution in [0, 0.1) is 12.7 Å². The summed E-state index contributed by atoms with van der Waals surface area (Å²) in [5.74, 6) is -0.146. The Balaban J connectivity index is 1.86. The Bertz CT molecular complexity index is 348. The maximum absolute atomic E-state index is 13.0. The summed E-state index contributed by atoms with van der Waals surface area (Å²) >= 11 is 0. The summed E-state index contributed by atoms with van der Waals surface area (Å²) in [5.41, 5.74) is 1.67. The first-order valence-electron chi connectivity index (χ1n) is 5.69. The van der Waals surface area contributed by atoms with Gasteiger partial charge in [0.25, 0.3) is 0 Å². The highest BCUT2D eigenvalue weighted by molar-refractivity contribution is 5.45. The van der Waals surface area contributed by atoms with E-state index in [1.807, 2.05) is 6.07 Å². The van der Waals surface area contributed by atoms with Crippen LogP contribution in [0.4, 0.5) is 10.1 Å². The van der Waals surface area contributed by atoms with Gasteiger partial charge in [-0.1, -0.05) is 0 Å². The van der Waals surface area contributed by atoms with Gasteiger partial charge in [-0.15, -0.1) is 0 Å². The number of aryl methyl sites for hydroxylation is 1. The Morgan fingerprint density at radius 1 is 1.38 bits per heavy atom. The third kappa shape index (κ3) is 2.93. The summed E-state index contributed by atoms with van der Waals surface area (Å²) < 4.78 is 13.0. The van der Waals surface area contributed by atoms with Crippen molar-refractivity contribution < 1.29 is 4.39 Å². The summed E-state index contributed by atoms with van der Waals surface area (Å²) in [6.07, 6.45) is 0. The molecule has 0 atom stereocenters. The average Bonchev–Trinajstić information content (AvgIpc) is 2.32. The molecule has 1 fully saturated rings. The molecule has 16 heavy (non-hydrogen) atoms. The Morgan fingerprint density at radius 3 is 2.81 bits per heavy atom. The van der Waals surface area contributed by atoms with Crippen LogP contribution in [0.1, 0.15) is 5.56 Å². The number of piperazine rings is 1. The van der Waals surface area contributed by atoms with Gasteiger partial charge < -0.3 is 10.6 Å². The first-order valence-corrected chi connectivity index (χ1v) is 5.69. The first kappa shape index (κ1) is 11.4. The number of halogens is 1. The molecule has 1 aliphatic heterocycles. The van der Waals surface area contributed by atoms with Gasteiger partial charge in [0.05, 0.1) is 6.67 Å². The summed E-state index contributed by atoms with van der Waals surface area (Å²) in [6.45, 7) is 6.83. The van der Waals surface area contributed by atoms with E-state index in [0.717, 1.165) is 38.5 Å². The number of rotatable bonds is 3. The minimum Gasteiger partial charge on any atom is -0.372 e. The first-order chi connectivity index (χ1) is 7.75. The van der Waals surface area contributed by atoms with Crippen LogP contribution in [0.2, 0.25) is 0 Å². The van der Waals surface area contributed by atoms with Crippen LogP contribution >= 0.6 is 0 Å². The highest BCUT2D eigenvalue weighted by atomic mass is 19.1. The van der Waals surface area contributed by atoms with Gasteiger partial charge in [0.2, 0.25) is 0 Å². The second-order valence-electron chi connectivity index (χ2n) is 4.17. The molecule has 88 valence electrons. The predicted molar refractivity (Wildman–Crippen MR) is 64.1 cm³/mol. The molecule has 0 saturated carbocycles. The van der Waals surface area contributed by atoms with Crippen LogP contribution in [0.25, 0.3) is 0 Å². The van der Waals surface area contributed by atoms with E-state index in [9.17, 15) is 4.39 Å². The minimum absolute atomic E-state index is 0.146. The molecule has 0 amide bonds. The molecule has 0 bridgehead atoms. The van der Waals surface area contributed by atoms with Crippen molar-refractivity contribution in [3.63, 3.8) is 0 Å². The zero-order valence-corrected chi connectivity index (χ0v) is 9.59. The van der Waals surface area contributed by atoms with Gasteiger partial charge in [0.1, 0.15) is 5.82 Å². The number of anilines is 1. The molecule has 4 heteroatoms. The fourth-order valence-electron chi connectivity index (χ4n) is 1.83. The average molecular weight is 223 g/mol. The lowest BCUT2D eigenvalue weighted by molar-refractivity contribution is 0.256. The molecule has 0 aliphatic carbocycles. The monoisotopic (exact) mass is 223 g/mol. The summed E-state index contributed by atoms with van der Waals surface area (Å²) in [5, 5.41) is 6.62. The van der Waals surface area contributed by atoms with E-state index in [2.05, 4.69) is 15.5 Å². The molecule has 0 unspecified atom stereocenters. The number of nitrogens with one attached hydrogen (secondary N) is 2. The Hall–Kier alpha value is -1.13. The summed E-state index contributed by atoms with van der Waals surface area (Å²) in [7, 11) is 0. The van der Waals surface area contributed by atoms with Gasteiger partial charge in [-0.2, -0.15) is 0 Å². The smallest absolute Gasteiger partial charge is 0.126 e. The maximum atomic E-state index is 13.0. The van der Waals surface area contributed by atoms with Crippen molar-refractivity contribution in [3.8, 4) is 0 Å². The van der Waals surface area contributed by atoms with Crippen molar-refractivity contribution in [3.05, 3.63) is 29.6 Å². The third-order valence-electron chi connectivity index (χ3n) is 2.87. The maximum Gasteiger partial charge on any atom is 0.126 e. The Kier molecular flexibility index (Phi) is 3.74. The standard InChI is InChI=1S/C12H18FN3/c1-10-8-11(2-3-12(10)13)15-9-16-6-4-14-5-7-16/h2-3,8,14-15H,4-7,9H2,1H3. The van der Waals surface area contributed by atoms with E-state index in [4.69, 9.17) is 0 Å². The zero-order chi connectivity index (χ0) is 11.4. The fourth-order valence-corrected chi connectivity index (χ4v) is 1.83. The van der Waals surface area contributed by atoms with Gasteiger partial charge >= 0.3 is 0 Å². The number of hydrogen-bond acceptors (Lipinski definition) is 3. The summed E-state index contributed by atoms with van der Waals surface area (Å²) in [6, 6.07) is 5.14. The largest absolute Gasteiger partial charge is 0.372 e. The molecule has 2 N–H and O–H groups in total. The predicted octanol–water partition coefficient (Wildman–Crippen LogP) is 1.41. The second kappa shape index (κ2) is 5.27. The lowest BCUT2D eigenvalue weighted by Gasteiger charge is -2.27. The van der Waals surface area contributed by atoms with Crippen LogP contribution in [0.3, 0.4) is 0 Å². The minimum atomic E-state index is -0.146. The third-order valence-corrected chi connectivity index (χ3v) is 2.87. The van der Waals surface area contributed by atoms with E-state index < -0.39 is 0 Å². The molecule has 1 aliphatic rings. The fraction of sp³-hybridized carbons (Fsp3) is 0.500. The number of hydrogen-bond donors (Lipinski definition) is 2. The van der Waals surface area contributed by atoms with Crippen LogP contribution in [-0.4, -0.2) is 37.7 Å². The van der Waals surface area contributed by atoms with Crippen molar-refractivity contribution >= 4 is 5.69 Å². The lowest BCUT2D eigenvalue weighted by Crippen LogP contribution is -2.45. The van der Waals surface area contributed by atoms with Crippen molar-refractivity contribution in [2.45, 2.75) is 6.92 Å². The van der Waals surface area contributed by atoms with Gasteiger partial charge in [-0.05, 0) is 30.7 Å². The molecule has 0 spiro atoms. The van der Waals surface area contributed by atoms with Gasteiger partial charge in [-0.25, -0.2) is 4.39 Å². The normalized spacial score (nSPS) is 17.4. The van der Waals surface area contributed by atoms with E-state index >= 15 is 0 Å². The molecule has 1 saturated heterocycles. The van der Waals surface area contributed by atoms with Crippen molar-refractivity contribution in [1.29, 1.82) is 0 Å². The molecular formula is C12H18FN3. The van der Waals surface area contributed by atoms with E-state index in [-0.39, 0.29) is 5.82 Å². The van der Waals surface area contributed by atoms with E-state index in [0.29, 0.717) is 5.56 Å². The quantitative estimate of drug-likeness (QED) is 0.811. The number of benzene rings is 1. The molecule has 3 nitrogen and oxygen atoms in total. The van der Waals surface area contributed by atoms with Crippen LogP contribution in [0.15, 0.2) is 18.2 Å². The summed E-state index contributed by atoms with van der Waals surface area (Å²) in [4.78, 5) is 2.34. The second-order valence-corrected chi connectivity index (χ2v) is 4.17. The molecule has 1 aromatic carbocycles. The van der Waals surface area contributed by atoms with Gasteiger partial charge in [-0.3, -0.25) is 4.90 Å². The van der Waals surface area contributed by atoms with E-state index in [1.165, 1.54) is 6.07 Å². The SMILES string of the molecule is Cc1cc(NCN2CCNCC2)ccc1F. The molecular weight excluding hydrogens is 205 g/mol. The molecule has 0 radical (unpaired) electrons. The molecule has 0 aromatic heterocycles. The van der Waals surface area contributed by atoms with Crippen LogP contribution in [-0.2, 0) is 0 Å². The molecule has 1 heterocycles. The number of nitrogens with zero attached hydrogens (tertiary/aromatic N) is 1. The van der Waals surface area contributed by atoms with E-state index in [1.54, 1.807) is 13.0 Å². The lowest BCUT2D eigenvalue weighted by atomic mass is 10.2. The van der Waals surface area contributed by atoms with Crippen molar-refractivity contribution in [2.75, 3.05) is 38.2 Å². The highest BCUT2D eigenvalue weighted by Crippen LogP contribution is 2.13. The van der Waals surface area contributed by atoms with Gasteiger partial charge in [0.15, 0.2) is 0 Å².